The van der Waals surface area contributed by atoms with Crippen molar-refractivity contribution in [1.82, 2.24) is 0 Å². The predicted molar refractivity (Wildman–Crippen MR) is 103 cm³/mol. The average Bonchev–Trinajstić information content (AvgIpc) is 2.61. The summed E-state index contributed by atoms with van der Waals surface area (Å²) in [6, 6.07) is 15.0. The van der Waals surface area contributed by atoms with Crippen molar-refractivity contribution in [3.8, 4) is 0 Å². The molecule has 8 heteroatoms. The second kappa shape index (κ2) is 7.84. The Morgan fingerprint density at radius 1 is 0.889 bits per heavy atom. The number of nitrogens with zero attached hydrogens (tertiary/aromatic N) is 1. The summed E-state index contributed by atoms with van der Waals surface area (Å²) in [5.41, 5.74) is 0.234. The smallest absolute Gasteiger partial charge is 0.262 e. The highest BCUT2D eigenvalue weighted by Crippen LogP contribution is 2.31. The molecule has 3 nitrogen and oxygen atoms in total. The Morgan fingerprint density at radius 2 is 1.63 bits per heavy atom. The van der Waals surface area contributed by atoms with Crippen molar-refractivity contribution in [2.45, 2.75) is 11.4 Å². The van der Waals surface area contributed by atoms with Crippen LogP contribution in [0.2, 0.25) is 10.0 Å². The molecule has 3 aromatic carbocycles. The van der Waals surface area contributed by atoms with Gasteiger partial charge >= 0.3 is 0 Å². The van der Waals surface area contributed by atoms with Crippen LogP contribution >= 0.6 is 23.2 Å². The van der Waals surface area contributed by atoms with Crippen LogP contribution in [0.15, 0.2) is 71.6 Å². The van der Waals surface area contributed by atoms with Gasteiger partial charge in [0, 0.05) is 16.7 Å². The van der Waals surface area contributed by atoms with Gasteiger partial charge < -0.3 is 0 Å². The molecule has 0 amide bonds. The first-order valence-electron chi connectivity index (χ1n) is 7.76. The monoisotopic (exact) mass is 427 g/mol. The summed E-state index contributed by atoms with van der Waals surface area (Å²) in [6.07, 6.45) is 0. The van der Waals surface area contributed by atoms with Gasteiger partial charge in [0.05, 0.1) is 17.3 Å². The fraction of sp³-hybridized carbons (Fsp3) is 0.0526. The normalized spacial score (nSPS) is 11.4. The van der Waals surface area contributed by atoms with E-state index in [4.69, 9.17) is 23.2 Å². The molecular weight excluding hydrogens is 415 g/mol. The maximum absolute atomic E-state index is 14.2. The Balaban J connectivity index is 2.14. The molecule has 0 bridgehead atoms. The molecule has 0 aliphatic rings. The van der Waals surface area contributed by atoms with Crippen LogP contribution in [0, 0.1) is 11.6 Å². The number of hydrogen-bond donors (Lipinski definition) is 0. The molecule has 0 saturated heterocycles. The van der Waals surface area contributed by atoms with E-state index in [0.29, 0.717) is 11.1 Å². The molecule has 0 aliphatic carbocycles. The first-order chi connectivity index (χ1) is 12.8. The van der Waals surface area contributed by atoms with Crippen molar-refractivity contribution in [2.75, 3.05) is 4.31 Å². The molecule has 0 spiro atoms. The minimum atomic E-state index is -4.14. The summed E-state index contributed by atoms with van der Waals surface area (Å²) in [5, 5.41) is 0.343. The number of sulfonamides is 1. The van der Waals surface area contributed by atoms with E-state index in [9.17, 15) is 17.2 Å². The van der Waals surface area contributed by atoms with Crippen molar-refractivity contribution in [3.63, 3.8) is 0 Å². The second-order valence-electron chi connectivity index (χ2n) is 5.66. The summed E-state index contributed by atoms with van der Waals surface area (Å²) in [7, 11) is -4.14. The molecule has 0 fully saturated rings. The van der Waals surface area contributed by atoms with Gasteiger partial charge in [-0.3, -0.25) is 4.31 Å². The topological polar surface area (TPSA) is 37.4 Å². The van der Waals surface area contributed by atoms with Gasteiger partial charge in [0.25, 0.3) is 10.0 Å². The SMILES string of the molecule is O=S(=O)(c1ccccc1Cl)N(Cc1ccc(F)cc1F)c1cccc(Cl)c1. The largest absolute Gasteiger partial charge is 0.266 e. The van der Waals surface area contributed by atoms with E-state index in [1.165, 1.54) is 36.4 Å². The lowest BCUT2D eigenvalue weighted by Crippen LogP contribution is -2.31. The molecule has 0 unspecified atom stereocenters. The Kier molecular flexibility index (Phi) is 5.69. The highest BCUT2D eigenvalue weighted by molar-refractivity contribution is 7.93. The molecule has 0 aliphatic heterocycles. The third-order valence-corrected chi connectivity index (χ3v) is 6.34. The van der Waals surface area contributed by atoms with Crippen molar-refractivity contribution in [2.24, 2.45) is 0 Å². The summed E-state index contributed by atoms with van der Waals surface area (Å²) in [6.45, 7) is -0.361. The molecule has 3 aromatic rings. The van der Waals surface area contributed by atoms with E-state index in [1.807, 2.05) is 0 Å². The fourth-order valence-electron chi connectivity index (χ4n) is 2.52. The summed E-state index contributed by atoms with van der Waals surface area (Å²) < 4.78 is 54.8. The van der Waals surface area contributed by atoms with Crippen molar-refractivity contribution in [3.05, 3.63) is 94.0 Å². The molecule has 0 aromatic heterocycles. The van der Waals surface area contributed by atoms with Crippen LogP contribution in [0.1, 0.15) is 5.56 Å². The molecule has 27 heavy (non-hydrogen) atoms. The van der Waals surface area contributed by atoms with Gasteiger partial charge in [-0.1, -0.05) is 47.5 Å². The van der Waals surface area contributed by atoms with Gasteiger partial charge in [0.1, 0.15) is 16.5 Å². The Labute approximate surface area is 165 Å². The van der Waals surface area contributed by atoms with E-state index in [1.54, 1.807) is 18.2 Å². The lowest BCUT2D eigenvalue weighted by Gasteiger charge is -2.25. The van der Waals surface area contributed by atoms with Crippen LogP contribution in [-0.2, 0) is 16.6 Å². The second-order valence-corrected chi connectivity index (χ2v) is 8.33. The lowest BCUT2D eigenvalue weighted by atomic mass is 10.2. The molecule has 140 valence electrons. The van der Waals surface area contributed by atoms with Crippen LogP contribution in [0.4, 0.5) is 14.5 Å². The highest BCUT2D eigenvalue weighted by atomic mass is 35.5. The van der Waals surface area contributed by atoms with Gasteiger partial charge in [-0.2, -0.15) is 0 Å². The van der Waals surface area contributed by atoms with E-state index in [-0.39, 0.29) is 27.7 Å². The quantitative estimate of drug-likeness (QED) is 0.526. The Bertz CT molecular complexity index is 1090. The zero-order valence-corrected chi connectivity index (χ0v) is 16.1. The molecular formula is C19H13Cl2F2NO2S. The first kappa shape index (κ1) is 19.6. The molecule has 0 saturated carbocycles. The lowest BCUT2D eigenvalue weighted by molar-refractivity contribution is 0.569. The van der Waals surface area contributed by atoms with Gasteiger partial charge in [0.2, 0.25) is 0 Å². The minimum absolute atomic E-state index is 0.00649. The summed E-state index contributed by atoms with van der Waals surface area (Å²) in [4.78, 5) is -0.130. The highest BCUT2D eigenvalue weighted by Gasteiger charge is 2.28. The van der Waals surface area contributed by atoms with E-state index in [2.05, 4.69) is 0 Å². The molecule has 0 heterocycles. The Morgan fingerprint density at radius 3 is 2.30 bits per heavy atom. The number of halogens is 4. The van der Waals surface area contributed by atoms with Crippen LogP contribution in [0.25, 0.3) is 0 Å². The van der Waals surface area contributed by atoms with Gasteiger partial charge in [-0.15, -0.1) is 0 Å². The van der Waals surface area contributed by atoms with E-state index < -0.39 is 21.7 Å². The number of rotatable bonds is 5. The van der Waals surface area contributed by atoms with E-state index in [0.717, 1.165) is 10.4 Å². The average molecular weight is 428 g/mol. The molecule has 3 rings (SSSR count). The predicted octanol–water partition coefficient (Wildman–Crippen LogP) is 5.67. The third kappa shape index (κ3) is 4.24. The third-order valence-electron chi connectivity index (χ3n) is 3.83. The first-order valence-corrected chi connectivity index (χ1v) is 9.95. The summed E-state index contributed by atoms with van der Waals surface area (Å²) >= 11 is 12.1. The van der Waals surface area contributed by atoms with Crippen LogP contribution < -0.4 is 4.31 Å². The van der Waals surface area contributed by atoms with Crippen molar-refractivity contribution < 1.29 is 17.2 Å². The maximum atomic E-state index is 14.2. The maximum Gasteiger partial charge on any atom is 0.266 e. The van der Waals surface area contributed by atoms with Gasteiger partial charge in [0.15, 0.2) is 0 Å². The van der Waals surface area contributed by atoms with Crippen molar-refractivity contribution in [1.29, 1.82) is 0 Å². The fourth-order valence-corrected chi connectivity index (χ4v) is 4.64. The van der Waals surface area contributed by atoms with Gasteiger partial charge in [-0.25, -0.2) is 17.2 Å². The van der Waals surface area contributed by atoms with Crippen molar-refractivity contribution >= 4 is 38.9 Å². The summed E-state index contributed by atoms with van der Waals surface area (Å²) in [5.74, 6) is -1.60. The number of hydrogen-bond acceptors (Lipinski definition) is 2. The minimum Gasteiger partial charge on any atom is -0.262 e. The van der Waals surface area contributed by atoms with Crippen LogP contribution in [-0.4, -0.2) is 8.42 Å². The standard InChI is InChI=1S/C19H13Cl2F2NO2S/c20-14-4-3-5-16(10-14)24(12-13-8-9-15(22)11-18(13)23)27(25,26)19-7-2-1-6-17(19)21/h1-11H,12H2. The van der Waals surface area contributed by atoms with E-state index >= 15 is 0 Å². The molecule has 0 N–H and O–H groups in total. The molecule has 0 atom stereocenters. The number of benzene rings is 3. The number of anilines is 1. The zero-order chi connectivity index (χ0) is 19.6. The zero-order valence-electron chi connectivity index (χ0n) is 13.7. The Hall–Kier alpha value is -2.15. The van der Waals surface area contributed by atoms with Crippen LogP contribution in [0.5, 0.6) is 0 Å². The van der Waals surface area contributed by atoms with Crippen LogP contribution in [0.3, 0.4) is 0 Å². The van der Waals surface area contributed by atoms with Gasteiger partial charge in [-0.05, 0) is 36.4 Å². The molecule has 0 radical (unpaired) electrons.